The van der Waals surface area contributed by atoms with Gasteiger partial charge in [-0.1, -0.05) is 32.0 Å². The maximum Gasteiger partial charge on any atom is 0.251 e. The van der Waals surface area contributed by atoms with Gasteiger partial charge in [-0.25, -0.2) is 0 Å². The number of ether oxygens (including phenoxy) is 1. The van der Waals surface area contributed by atoms with Crippen molar-refractivity contribution in [1.29, 1.82) is 0 Å². The molecule has 0 radical (unpaired) electrons. The lowest BCUT2D eigenvalue weighted by Crippen LogP contribution is -2.25. The van der Waals surface area contributed by atoms with Crippen LogP contribution in [0.3, 0.4) is 0 Å². The van der Waals surface area contributed by atoms with Crippen LogP contribution in [0.5, 0.6) is 5.75 Å². The van der Waals surface area contributed by atoms with Crippen molar-refractivity contribution in [3.8, 4) is 5.75 Å². The van der Waals surface area contributed by atoms with E-state index in [0.29, 0.717) is 24.6 Å². The first kappa shape index (κ1) is 19.8. The molecule has 5 heteroatoms. The number of carbonyl (C=O) groups is 1. The van der Waals surface area contributed by atoms with E-state index in [9.17, 15) is 4.79 Å². The second-order valence-electron chi connectivity index (χ2n) is 5.98. The van der Waals surface area contributed by atoms with E-state index in [-0.39, 0.29) is 18.3 Å². The summed E-state index contributed by atoms with van der Waals surface area (Å²) in [5, 5.41) is 2.93. The van der Waals surface area contributed by atoms with Gasteiger partial charge in [-0.15, -0.1) is 12.4 Å². The molecule has 2 rings (SSSR count). The molecule has 0 spiro atoms. The summed E-state index contributed by atoms with van der Waals surface area (Å²) in [6.07, 6.45) is 0.773. The van der Waals surface area contributed by atoms with E-state index in [2.05, 4.69) is 19.2 Å². The van der Waals surface area contributed by atoms with E-state index in [1.54, 1.807) is 12.1 Å². The van der Waals surface area contributed by atoms with Crippen molar-refractivity contribution >= 4 is 24.0 Å². The Hall–Kier alpha value is -2.20. The Morgan fingerprint density at radius 2 is 1.88 bits per heavy atom. The predicted molar refractivity (Wildman–Crippen MR) is 101 cm³/mol. The predicted octanol–water partition coefficient (Wildman–Crippen LogP) is 3.70. The highest BCUT2D eigenvalue weighted by atomic mass is 35.5. The number of anilines is 1. The van der Waals surface area contributed by atoms with Gasteiger partial charge < -0.3 is 15.8 Å². The Balaban J connectivity index is 0.00000288. The SMILES string of the molecule is CC(C)COc1cccc(C(=O)NCCc2ccc(N)cc2)c1.Cl. The standard InChI is InChI=1S/C19H24N2O2.ClH/c1-14(2)13-23-18-5-3-4-16(12-18)19(22)21-11-10-15-6-8-17(20)9-7-15;/h3-9,12,14H,10-11,13,20H2,1-2H3,(H,21,22);1H. The van der Waals surface area contributed by atoms with Crippen LogP contribution in [0, 0.1) is 5.92 Å². The van der Waals surface area contributed by atoms with Gasteiger partial charge in [0, 0.05) is 17.8 Å². The summed E-state index contributed by atoms with van der Waals surface area (Å²) >= 11 is 0. The molecule has 130 valence electrons. The van der Waals surface area contributed by atoms with Crippen LogP contribution in [0.25, 0.3) is 0 Å². The third kappa shape index (κ3) is 6.50. The zero-order chi connectivity index (χ0) is 16.7. The van der Waals surface area contributed by atoms with Crippen molar-refractivity contribution < 1.29 is 9.53 Å². The zero-order valence-corrected chi connectivity index (χ0v) is 14.9. The zero-order valence-electron chi connectivity index (χ0n) is 14.1. The fourth-order valence-corrected chi connectivity index (χ4v) is 2.10. The molecule has 3 N–H and O–H groups in total. The van der Waals surface area contributed by atoms with Crippen LogP contribution in [0.4, 0.5) is 5.69 Å². The molecule has 0 aliphatic carbocycles. The molecular weight excluding hydrogens is 324 g/mol. The molecule has 0 bridgehead atoms. The summed E-state index contributed by atoms with van der Waals surface area (Å²) in [6, 6.07) is 15.0. The van der Waals surface area contributed by atoms with Gasteiger partial charge in [-0.3, -0.25) is 4.79 Å². The topological polar surface area (TPSA) is 64.3 Å². The third-order valence-electron chi connectivity index (χ3n) is 3.36. The Labute approximate surface area is 149 Å². The van der Waals surface area contributed by atoms with Crippen LogP contribution in [0.1, 0.15) is 29.8 Å². The van der Waals surface area contributed by atoms with Gasteiger partial charge in [0.15, 0.2) is 0 Å². The van der Waals surface area contributed by atoms with Gasteiger partial charge in [-0.2, -0.15) is 0 Å². The quantitative estimate of drug-likeness (QED) is 0.750. The minimum absolute atomic E-state index is 0. The lowest BCUT2D eigenvalue weighted by atomic mass is 10.1. The third-order valence-corrected chi connectivity index (χ3v) is 3.36. The smallest absolute Gasteiger partial charge is 0.251 e. The van der Waals surface area contributed by atoms with Crippen LogP contribution in [-0.4, -0.2) is 19.1 Å². The molecule has 24 heavy (non-hydrogen) atoms. The summed E-state index contributed by atoms with van der Waals surface area (Å²) in [5.41, 5.74) is 8.16. The lowest BCUT2D eigenvalue weighted by Gasteiger charge is -2.10. The van der Waals surface area contributed by atoms with E-state index >= 15 is 0 Å². The molecule has 2 aromatic carbocycles. The summed E-state index contributed by atoms with van der Waals surface area (Å²) in [5.74, 6) is 1.09. The number of nitrogen functional groups attached to an aromatic ring is 1. The first-order chi connectivity index (χ1) is 11.0. The molecule has 0 saturated heterocycles. The second-order valence-corrected chi connectivity index (χ2v) is 5.98. The van der Waals surface area contributed by atoms with Crippen LogP contribution in [0.15, 0.2) is 48.5 Å². The fraction of sp³-hybridized carbons (Fsp3) is 0.316. The number of halogens is 1. The maximum absolute atomic E-state index is 12.2. The molecule has 0 aliphatic heterocycles. The van der Waals surface area contributed by atoms with Crippen molar-refractivity contribution in [2.45, 2.75) is 20.3 Å². The number of rotatable bonds is 7. The Morgan fingerprint density at radius 1 is 1.17 bits per heavy atom. The monoisotopic (exact) mass is 348 g/mol. The number of nitrogens with two attached hydrogens (primary N) is 1. The normalized spacial score (nSPS) is 10.1. The molecular formula is C19H25ClN2O2. The van der Waals surface area contributed by atoms with E-state index in [1.165, 1.54) is 0 Å². The highest BCUT2D eigenvalue weighted by Gasteiger charge is 2.07. The van der Waals surface area contributed by atoms with Gasteiger partial charge >= 0.3 is 0 Å². The van der Waals surface area contributed by atoms with Crippen LogP contribution in [0.2, 0.25) is 0 Å². The first-order valence-corrected chi connectivity index (χ1v) is 7.90. The van der Waals surface area contributed by atoms with Crippen LogP contribution in [-0.2, 0) is 6.42 Å². The minimum Gasteiger partial charge on any atom is -0.493 e. The van der Waals surface area contributed by atoms with Gasteiger partial charge in [0.2, 0.25) is 0 Å². The number of hydrogen-bond donors (Lipinski definition) is 2. The molecule has 0 saturated carbocycles. The lowest BCUT2D eigenvalue weighted by molar-refractivity contribution is 0.0953. The first-order valence-electron chi connectivity index (χ1n) is 7.90. The number of hydrogen-bond acceptors (Lipinski definition) is 3. The van der Waals surface area contributed by atoms with Crippen molar-refractivity contribution in [1.82, 2.24) is 5.32 Å². The highest BCUT2D eigenvalue weighted by molar-refractivity contribution is 5.94. The molecule has 0 fully saturated rings. The highest BCUT2D eigenvalue weighted by Crippen LogP contribution is 2.14. The minimum atomic E-state index is -0.0876. The molecule has 0 heterocycles. The molecule has 0 aromatic heterocycles. The second kappa shape index (κ2) is 9.83. The number of carbonyl (C=O) groups excluding carboxylic acids is 1. The van der Waals surface area contributed by atoms with Crippen molar-refractivity contribution in [3.05, 3.63) is 59.7 Å². The van der Waals surface area contributed by atoms with Crippen molar-refractivity contribution in [2.75, 3.05) is 18.9 Å². The van der Waals surface area contributed by atoms with Crippen molar-refractivity contribution in [2.24, 2.45) is 5.92 Å². The summed E-state index contributed by atoms with van der Waals surface area (Å²) < 4.78 is 5.65. The number of nitrogens with one attached hydrogen (secondary N) is 1. The fourth-order valence-electron chi connectivity index (χ4n) is 2.10. The molecule has 4 nitrogen and oxygen atoms in total. The Kier molecular flexibility index (Phi) is 8.13. The number of benzene rings is 2. The van der Waals surface area contributed by atoms with E-state index in [4.69, 9.17) is 10.5 Å². The van der Waals surface area contributed by atoms with Crippen LogP contribution < -0.4 is 15.8 Å². The summed E-state index contributed by atoms with van der Waals surface area (Å²) in [7, 11) is 0. The van der Waals surface area contributed by atoms with Crippen LogP contribution >= 0.6 is 12.4 Å². The average Bonchev–Trinajstić information content (AvgIpc) is 2.55. The maximum atomic E-state index is 12.2. The average molecular weight is 349 g/mol. The molecule has 1 amide bonds. The van der Waals surface area contributed by atoms with E-state index in [1.807, 2.05) is 36.4 Å². The molecule has 0 unspecified atom stereocenters. The summed E-state index contributed by atoms with van der Waals surface area (Å²) in [6.45, 7) is 5.41. The van der Waals surface area contributed by atoms with Gasteiger partial charge in [0.05, 0.1) is 6.61 Å². The van der Waals surface area contributed by atoms with Gasteiger partial charge in [0.25, 0.3) is 5.91 Å². The molecule has 0 atom stereocenters. The summed E-state index contributed by atoms with van der Waals surface area (Å²) in [4.78, 5) is 12.2. The van der Waals surface area contributed by atoms with Gasteiger partial charge in [-0.05, 0) is 48.2 Å². The van der Waals surface area contributed by atoms with E-state index < -0.39 is 0 Å². The van der Waals surface area contributed by atoms with E-state index in [0.717, 1.165) is 23.4 Å². The van der Waals surface area contributed by atoms with Gasteiger partial charge in [0.1, 0.15) is 5.75 Å². The number of amides is 1. The Morgan fingerprint density at radius 3 is 2.54 bits per heavy atom. The molecule has 0 aliphatic rings. The Bertz CT molecular complexity index is 642. The van der Waals surface area contributed by atoms with Crippen molar-refractivity contribution in [3.63, 3.8) is 0 Å². The largest absolute Gasteiger partial charge is 0.493 e. The molecule has 2 aromatic rings.